The van der Waals surface area contributed by atoms with Crippen molar-refractivity contribution >= 4 is 10.0 Å². The third-order valence-electron chi connectivity index (χ3n) is 5.37. The molecular formula is C18H25N5O3S. The minimum Gasteiger partial charge on any atom is -0.496 e. The summed E-state index contributed by atoms with van der Waals surface area (Å²) in [6.07, 6.45) is 2.39. The normalized spacial score (nSPS) is 21.0. The number of nitrogens with zero attached hydrogens (tertiary/aromatic N) is 4. The second kappa shape index (κ2) is 7.21. The van der Waals surface area contributed by atoms with Crippen molar-refractivity contribution in [3.8, 4) is 5.75 Å². The van der Waals surface area contributed by atoms with Gasteiger partial charge in [-0.3, -0.25) is 0 Å². The van der Waals surface area contributed by atoms with E-state index in [1.807, 2.05) is 6.92 Å². The fourth-order valence-corrected chi connectivity index (χ4v) is 5.71. The zero-order valence-corrected chi connectivity index (χ0v) is 16.5. The van der Waals surface area contributed by atoms with Gasteiger partial charge in [-0.15, -0.1) is 10.2 Å². The molecule has 2 aliphatic rings. The van der Waals surface area contributed by atoms with Gasteiger partial charge in [0.1, 0.15) is 11.6 Å². The number of aromatic nitrogens is 3. The highest BCUT2D eigenvalue weighted by molar-refractivity contribution is 7.89. The summed E-state index contributed by atoms with van der Waals surface area (Å²) in [7, 11) is -2.03. The molecule has 27 heavy (non-hydrogen) atoms. The maximum absolute atomic E-state index is 13.3. The fourth-order valence-electron chi connectivity index (χ4n) is 3.97. The second-order valence-electron chi connectivity index (χ2n) is 7.03. The first-order chi connectivity index (χ1) is 13.0. The van der Waals surface area contributed by atoms with Crippen molar-refractivity contribution in [2.24, 2.45) is 0 Å². The first-order valence-corrected chi connectivity index (χ1v) is 10.8. The van der Waals surface area contributed by atoms with E-state index in [1.54, 1.807) is 29.6 Å². The van der Waals surface area contributed by atoms with Gasteiger partial charge in [0.15, 0.2) is 5.82 Å². The molecular weight excluding hydrogens is 366 g/mol. The van der Waals surface area contributed by atoms with Crippen molar-refractivity contribution in [3.63, 3.8) is 0 Å². The minimum atomic E-state index is -3.62. The van der Waals surface area contributed by atoms with Gasteiger partial charge >= 0.3 is 0 Å². The summed E-state index contributed by atoms with van der Waals surface area (Å²) < 4.78 is 35.6. The van der Waals surface area contributed by atoms with E-state index in [4.69, 9.17) is 4.74 Å². The summed E-state index contributed by atoms with van der Waals surface area (Å²) in [5.41, 5.74) is 0.803. The highest BCUT2D eigenvalue weighted by atomic mass is 32.2. The van der Waals surface area contributed by atoms with Crippen LogP contribution in [0.25, 0.3) is 0 Å². The van der Waals surface area contributed by atoms with Gasteiger partial charge in [-0.05, 0) is 43.5 Å². The Kier molecular flexibility index (Phi) is 4.92. The van der Waals surface area contributed by atoms with Crippen LogP contribution in [-0.4, -0.2) is 54.2 Å². The molecule has 0 spiro atoms. The predicted molar refractivity (Wildman–Crippen MR) is 100 cm³/mol. The van der Waals surface area contributed by atoms with Crippen molar-refractivity contribution in [1.29, 1.82) is 0 Å². The summed E-state index contributed by atoms with van der Waals surface area (Å²) in [4.78, 5) is 0.296. The van der Waals surface area contributed by atoms with Crippen LogP contribution >= 0.6 is 0 Å². The van der Waals surface area contributed by atoms with E-state index in [9.17, 15) is 8.42 Å². The van der Waals surface area contributed by atoms with Gasteiger partial charge in [-0.2, -0.15) is 4.31 Å². The van der Waals surface area contributed by atoms with Gasteiger partial charge in [0.05, 0.1) is 18.0 Å². The van der Waals surface area contributed by atoms with E-state index >= 15 is 0 Å². The lowest BCUT2D eigenvalue weighted by Gasteiger charge is -2.24. The Bertz CT molecular complexity index is 940. The van der Waals surface area contributed by atoms with Crippen LogP contribution in [0.3, 0.4) is 0 Å². The number of ether oxygens (including phenoxy) is 1. The number of nitrogens with one attached hydrogen (secondary N) is 1. The largest absolute Gasteiger partial charge is 0.496 e. The zero-order valence-electron chi connectivity index (χ0n) is 15.7. The molecule has 0 amide bonds. The third-order valence-corrected chi connectivity index (χ3v) is 7.27. The third kappa shape index (κ3) is 3.24. The summed E-state index contributed by atoms with van der Waals surface area (Å²) in [6, 6.07) is 4.74. The Hall–Kier alpha value is -1.97. The van der Waals surface area contributed by atoms with E-state index in [2.05, 4.69) is 20.1 Å². The molecule has 1 aromatic carbocycles. The quantitative estimate of drug-likeness (QED) is 0.844. The molecule has 1 saturated heterocycles. The molecule has 8 nitrogen and oxygen atoms in total. The number of sulfonamides is 1. The molecule has 0 aliphatic carbocycles. The number of benzene rings is 1. The van der Waals surface area contributed by atoms with Crippen LogP contribution in [0.5, 0.6) is 5.75 Å². The van der Waals surface area contributed by atoms with Gasteiger partial charge in [0.2, 0.25) is 10.0 Å². The standard InChI is InChI=1S/C18H25N5O3S/c1-13-12-14(5-6-16(13)26-2)27(24,25)23-10-3-4-15(23)18-21-20-17-7-8-19-9-11-22(17)18/h5-6,12,15,19H,3-4,7-11H2,1-2H3. The molecule has 2 aromatic rings. The van der Waals surface area contributed by atoms with Gasteiger partial charge in [-0.25, -0.2) is 8.42 Å². The molecule has 0 saturated carbocycles. The molecule has 4 rings (SSSR count). The van der Waals surface area contributed by atoms with Crippen molar-refractivity contribution in [2.45, 2.75) is 43.7 Å². The smallest absolute Gasteiger partial charge is 0.243 e. The molecule has 3 heterocycles. The van der Waals surface area contributed by atoms with Gasteiger partial charge in [0.25, 0.3) is 0 Å². The topological polar surface area (TPSA) is 89.4 Å². The zero-order chi connectivity index (χ0) is 19.0. The molecule has 1 fully saturated rings. The Morgan fingerprint density at radius 3 is 2.85 bits per heavy atom. The first kappa shape index (κ1) is 18.4. The first-order valence-electron chi connectivity index (χ1n) is 9.31. The predicted octanol–water partition coefficient (Wildman–Crippen LogP) is 1.27. The van der Waals surface area contributed by atoms with Crippen molar-refractivity contribution < 1.29 is 13.2 Å². The van der Waals surface area contributed by atoms with Crippen LogP contribution in [0.2, 0.25) is 0 Å². The van der Waals surface area contributed by atoms with E-state index in [-0.39, 0.29) is 6.04 Å². The summed E-state index contributed by atoms with van der Waals surface area (Å²) in [5, 5.41) is 12.1. The molecule has 1 N–H and O–H groups in total. The van der Waals surface area contributed by atoms with Crippen molar-refractivity contribution in [3.05, 3.63) is 35.4 Å². The van der Waals surface area contributed by atoms with Crippen LogP contribution in [0.1, 0.15) is 36.1 Å². The SMILES string of the molecule is COc1ccc(S(=O)(=O)N2CCCC2c2nnc3n2CCNCC3)cc1C. The Morgan fingerprint density at radius 2 is 2.07 bits per heavy atom. The molecule has 1 aromatic heterocycles. The number of aryl methyl sites for hydroxylation is 1. The summed E-state index contributed by atoms with van der Waals surface area (Å²) in [6.45, 7) is 4.83. The number of hydrogen-bond acceptors (Lipinski definition) is 6. The van der Waals surface area contributed by atoms with E-state index in [0.29, 0.717) is 17.2 Å². The number of rotatable bonds is 4. The highest BCUT2D eigenvalue weighted by Gasteiger charge is 2.39. The molecule has 146 valence electrons. The summed E-state index contributed by atoms with van der Waals surface area (Å²) in [5.74, 6) is 2.38. The maximum Gasteiger partial charge on any atom is 0.243 e. The lowest BCUT2D eigenvalue weighted by molar-refractivity contribution is 0.371. The Morgan fingerprint density at radius 1 is 1.22 bits per heavy atom. The van der Waals surface area contributed by atoms with E-state index < -0.39 is 10.0 Å². The van der Waals surface area contributed by atoms with Gasteiger partial charge < -0.3 is 14.6 Å². The van der Waals surface area contributed by atoms with Gasteiger partial charge in [0, 0.05) is 32.6 Å². The van der Waals surface area contributed by atoms with E-state index in [0.717, 1.165) is 56.1 Å². The van der Waals surface area contributed by atoms with Crippen LogP contribution in [-0.2, 0) is 23.0 Å². The Balaban J connectivity index is 1.69. The van der Waals surface area contributed by atoms with E-state index in [1.165, 1.54) is 0 Å². The lowest BCUT2D eigenvalue weighted by Crippen LogP contribution is -2.32. The monoisotopic (exact) mass is 391 g/mol. The molecule has 0 bridgehead atoms. The van der Waals surface area contributed by atoms with Crippen LogP contribution in [0.15, 0.2) is 23.1 Å². The van der Waals surface area contributed by atoms with Crippen molar-refractivity contribution in [1.82, 2.24) is 24.4 Å². The number of methoxy groups -OCH3 is 1. The minimum absolute atomic E-state index is 0.267. The highest BCUT2D eigenvalue weighted by Crippen LogP contribution is 2.37. The average molecular weight is 391 g/mol. The maximum atomic E-state index is 13.3. The fraction of sp³-hybridized carbons (Fsp3) is 0.556. The second-order valence-corrected chi connectivity index (χ2v) is 8.92. The van der Waals surface area contributed by atoms with Crippen LogP contribution in [0.4, 0.5) is 0 Å². The number of fused-ring (bicyclic) bond motifs is 1. The molecule has 9 heteroatoms. The average Bonchev–Trinajstić information content (AvgIpc) is 3.23. The molecule has 0 radical (unpaired) electrons. The van der Waals surface area contributed by atoms with Crippen LogP contribution in [0, 0.1) is 6.92 Å². The van der Waals surface area contributed by atoms with Gasteiger partial charge in [-0.1, -0.05) is 0 Å². The van der Waals surface area contributed by atoms with Crippen molar-refractivity contribution in [2.75, 3.05) is 26.7 Å². The molecule has 1 atom stereocenters. The number of hydrogen-bond donors (Lipinski definition) is 1. The molecule has 2 aliphatic heterocycles. The molecule has 1 unspecified atom stereocenters. The Labute approximate surface area is 159 Å². The lowest BCUT2D eigenvalue weighted by atomic mass is 10.2. The summed E-state index contributed by atoms with van der Waals surface area (Å²) >= 11 is 0. The van der Waals surface area contributed by atoms with Crippen LogP contribution < -0.4 is 10.1 Å².